The van der Waals surface area contributed by atoms with Gasteiger partial charge in [-0.2, -0.15) is 10.1 Å². The van der Waals surface area contributed by atoms with Gasteiger partial charge in [0.1, 0.15) is 17.7 Å². The molecule has 2 aliphatic rings. The van der Waals surface area contributed by atoms with Crippen LogP contribution >= 0.6 is 11.8 Å². The molecule has 2 aliphatic heterocycles. The Morgan fingerprint density at radius 1 is 1.11 bits per heavy atom. The predicted octanol–water partition coefficient (Wildman–Crippen LogP) is 2.89. The second-order valence-electron chi connectivity index (χ2n) is 8.45. The van der Waals surface area contributed by atoms with Crippen molar-refractivity contribution in [1.29, 1.82) is 0 Å². The molecule has 1 aromatic heterocycles. The summed E-state index contributed by atoms with van der Waals surface area (Å²) in [6.07, 6.45) is -0.159. The maximum Gasteiger partial charge on any atom is 0.271 e. The van der Waals surface area contributed by atoms with Crippen molar-refractivity contribution in [1.82, 2.24) is 20.4 Å². The molecule has 1 atom stereocenters. The Hall–Kier alpha value is -4.32. The van der Waals surface area contributed by atoms with Crippen molar-refractivity contribution in [3.8, 4) is 0 Å². The summed E-state index contributed by atoms with van der Waals surface area (Å²) in [7, 11) is 0. The molecule has 0 bridgehead atoms. The van der Waals surface area contributed by atoms with E-state index in [0.29, 0.717) is 28.1 Å². The highest BCUT2D eigenvalue weighted by Gasteiger charge is 2.42. The van der Waals surface area contributed by atoms with E-state index in [4.69, 9.17) is 0 Å². The number of halogens is 1. The second kappa shape index (κ2) is 10.3. The van der Waals surface area contributed by atoms with E-state index >= 15 is 0 Å². The first kappa shape index (κ1) is 24.4. The molecule has 3 heterocycles. The van der Waals surface area contributed by atoms with Crippen molar-refractivity contribution >= 4 is 52.0 Å². The number of carbonyl (C=O) groups excluding carboxylic acids is 3. The van der Waals surface area contributed by atoms with Crippen molar-refractivity contribution in [2.45, 2.75) is 25.9 Å². The number of thioether (sulfide) groups is 1. The van der Waals surface area contributed by atoms with Gasteiger partial charge in [0.05, 0.1) is 17.9 Å². The van der Waals surface area contributed by atoms with Gasteiger partial charge in [0.2, 0.25) is 11.8 Å². The van der Waals surface area contributed by atoms with E-state index in [1.54, 1.807) is 29.2 Å². The van der Waals surface area contributed by atoms with Crippen LogP contribution in [0.5, 0.6) is 0 Å². The quantitative estimate of drug-likeness (QED) is 0.440. The van der Waals surface area contributed by atoms with Gasteiger partial charge in [-0.15, -0.1) is 0 Å². The zero-order valence-electron chi connectivity index (χ0n) is 19.7. The van der Waals surface area contributed by atoms with E-state index in [0.717, 1.165) is 23.0 Å². The van der Waals surface area contributed by atoms with Crippen LogP contribution in [0.3, 0.4) is 0 Å². The Morgan fingerprint density at radius 3 is 2.65 bits per heavy atom. The van der Waals surface area contributed by atoms with Crippen LogP contribution in [-0.2, 0) is 20.9 Å². The number of nitrogens with zero attached hydrogens (tertiary/aromatic N) is 4. The van der Waals surface area contributed by atoms with Gasteiger partial charge in [-0.1, -0.05) is 36.0 Å². The Morgan fingerprint density at radius 2 is 1.89 bits per heavy atom. The van der Waals surface area contributed by atoms with Gasteiger partial charge < -0.3 is 10.6 Å². The molecule has 0 radical (unpaired) electrons. The molecule has 0 saturated heterocycles. The number of H-pyrrole nitrogens is 1. The number of benzene rings is 2. The zero-order chi connectivity index (χ0) is 25.9. The molecule has 3 amide bonds. The van der Waals surface area contributed by atoms with Gasteiger partial charge in [-0.05, 0) is 36.8 Å². The minimum absolute atomic E-state index is 0.00830. The molecule has 3 N–H and O–H groups in total. The molecule has 3 aromatic rings. The number of anilines is 1. The average Bonchev–Trinajstić information content (AvgIpc) is 3.44. The lowest BCUT2D eigenvalue weighted by Gasteiger charge is -2.30. The van der Waals surface area contributed by atoms with Crippen LogP contribution in [0.25, 0.3) is 0 Å². The fraction of sp³-hybridized carbons (Fsp3) is 0.200. The minimum atomic E-state index is -0.903. The summed E-state index contributed by atoms with van der Waals surface area (Å²) in [5.74, 6) is -0.669. The number of amidine groups is 2. The molecule has 12 heteroatoms. The summed E-state index contributed by atoms with van der Waals surface area (Å²) in [6.45, 7) is 2.02. The minimum Gasteiger partial charge on any atom is -0.352 e. The molecular formula is C25H22FN7O3S. The molecule has 0 spiro atoms. The standard InChI is InChI=1S/C25H22FN7O3S/c1-14-10-20(32-31-14)29-22(35)13-37-25-28-18-5-3-2-4-17(18)23-30-24(36)19(33(23)25)11-21(34)27-12-15-6-8-16(26)9-7-15/h2-10,19H,11-13H2,1H3,(H,27,34)(H2,29,31,32,35). The Balaban J connectivity index is 1.30. The summed E-state index contributed by atoms with van der Waals surface area (Å²) >= 11 is 1.14. The average molecular weight is 520 g/mol. The van der Waals surface area contributed by atoms with Crippen LogP contribution in [0.4, 0.5) is 15.9 Å². The van der Waals surface area contributed by atoms with E-state index in [1.807, 2.05) is 25.1 Å². The van der Waals surface area contributed by atoms with E-state index in [1.165, 1.54) is 12.1 Å². The summed E-state index contributed by atoms with van der Waals surface area (Å²) in [4.78, 5) is 48.7. The maximum atomic E-state index is 13.1. The molecule has 188 valence electrons. The number of rotatable bonds is 7. The molecule has 2 aromatic carbocycles. The number of hydrogen-bond acceptors (Lipinski definition) is 7. The number of fused-ring (bicyclic) bond motifs is 3. The lowest BCUT2D eigenvalue weighted by Crippen LogP contribution is -2.46. The molecule has 37 heavy (non-hydrogen) atoms. The third kappa shape index (κ3) is 5.43. The Kier molecular flexibility index (Phi) is 6.82. The number of nitrogens with one attached hydrogen (secondary N) is 3. The summed E-state index contributed by atoms with van der Waals surface area (Å²) in [6, 6.07) is 13.9. The van der Waals surface area contributed by atoms with Crippen LogP contribution < -0.4 is 10.6 Å². The lowest BCUT2D eigenvalue weighted by atomic mass is 10.1. The van der Waals surface area contributed by atoms with E-state index in [9.17, 15) is 18.8 Å². The van der Waals surface area contributed by atoms with Gasteiger partial charge in [0.25, 0.3) is 5.91 Å². The third-order valence-electron chi connectivity index (χ3n) is 5.70. The van der Waals surface area contributed by atoms with Gasteiger partial charge >= 0.3 is 0 Å². The Labute approximate surface area is 215 Å². The normalized spacial score (nSPS) is 16.0. The van der Waals surface area contributed by atoms with Gasteiger partial charge in [0.15, 0.2) is 11.0 Å². The first-order valence-electron chi connectivity index (χ1n) is 11.4. The van der Waals surface area contributed by atoms with E-state index in [-0.39, 0.29) is 36.4 Å². The van der Waals surface area contributed by atoms with E-state index < -0.39 is 11.9 Å². The van der Waals surface area contributed by atoms with Crippen LogP contribution in [0.1, 0.15) is 23.2 Å². The van der Waals surface area contributed by atoms with Crippen molar-refractivity contribution < 1.29 is 18.8 Å². The monoisotopic (exact) mass is 519 g/mol. The highest BCUT2D eigenvalue weighted by molar-refractivity contribution is 8.14. The maximum absolute atomic E-state index is 13.1. The zero-order valence-corrected chi connectivity index (χ0v) is 20.5. The number of aromatic amines is 1. The molecule has 1 unspecified atom stereocenters. The number of aryl methyl sites for hydroxylation is 1. The topological polar surface area (TPSA) is 132 Å². The van der Waals surface area contributed by atoms with Gasteiger partial charge in [-0.25, -0.2) is 9.38 Å². The predicted molar refractivity (Wildman–Crippen MR) is 138 cm³/mol. The summed E-state index contributed by atoms with van der Waals surface area (Å²) in [5, 5.41) is 12.6. The van der Waals surface area contributed by atoms with Crippen molar-refractivity contribution in [3.05, 3.63) is 77.2 Å². The highest BCUT2D eigenvalue weighted by atomic mass is 32.2. The molecular weight excluding hydrogens is 497 g/mol. The fourth-order valence-electron chi connectivity index (χ4n) is 3.94. The van der Waals surface area contributed by atoms with Crippen molar-refractivity contribution in [2.75, 3.05) is 11.1 Å². The SMILES string of the molecule is Cc1cc(NC(=O)CSC2=Nc3ccccc3C3=NC(=O)C(CC(=O)NCc4ccc(F)cc4)N23)n[nH]1. The molecule has 10 nitrogen and oxygen atoms in total. The highest BCUT2D eigenvalue weighted by Crippen LogP contribution is 2.34. The summed E-state index contributed by atoms with van der Waals surface area (Å²) < 4.78 is 13.1. The molecule has 5 rings (SSSR count). The Bertz CT molecular complexity index is 1430. The third-order valence-corrected chi connectivity index (χ3v) is 6.65. The van der Waals surface area contributed by atoms with Gasteiger partial charge in [-0.3, -0.25) is 24.4 Å². The number of carbonyl (C=O) groups is 3. The lowest BCUT2D eigenvalue weighted by molar-refractivity contribution is -0.126. The molecule has 0 fully saturated rings. The first-order chi connectivity index (χ1) is 17.9. The van der Waals surface area contributed by atoms with Crippen LogP contribution in [-0.4, -0.2) is 55.6 Å². The second-order valence-corrected chi connectivity index (χ2v) is 9.39. The number of aliphatic imine (C=N–C) groups is 2. The van der Waals surface area contributed by atoms with E-state index in [2.05, 4.69) is 30.8 Å². The van der Waals surface area contributed by atoms with Crippen molar-refractivity contribution in [2.24, 2.45) is 9.98 Å². The van der Waals surface area contributed by atoms with Crippen LogP contribution in [0, 0.1) is 12.7 Å². The first-order valence-corrected chi connectivity index (χ1v) is 12.4. The van der Waals surface area contributed by atoms with Gasteiger partial charge in [0, 0.05) is 23.9 Å². The molecule has 0 aliphatic carbocycles. The fourth-order valence-corrected chi connectivity index (χ4v) is 4.79. The smallest absolute Gasteiger partial charge is 0.271 e. The number of aromatic nitrogens is 2. The largest absolute Gasteiger partial charge is 0.352 e. The van der Waals surface area contributed by atoms with Crippen LogP contribution in [0.15, 0.2) is 64.6 Å². The van der Waals surface area contributed by atoms with Crippen LogP contribution in [0.2, 0.25) is 0 Å². The summed E-state index contributed by atoms with van der Waals surface area (Å²) in [5.41, 5.74) is 2.84. The van der Waals surface area contributed by atoms with Crippen molar-refractivity contribution in [3.63, 3.8) is 0 Å². The molecule has 0 saturated carbocycles. The number of para-hydroxylation sites is 1. The number of amides is 3. The number of hydrogen-bond donors (Lipinski definition) is 3.